The van der Waals surface area contributed by atoms with Crippen molar-refractivity contribution in [1.82, 2.24) is 0 Å². The largest absolute Gasteiger partial charge is 0.502 e. The van der Waals surface area contributed by atoms with Crippen LogP contribution in [0, 0.1) is 0 Å². The lowest BCUT2D eigenvalue weighted by Crippen LogP contribution is -1.74. The Labute approximate surface area is 50.7 Å². The summed E-state index contributed by atoms with van der Waals surface area (Å²) in [5.41, 5.74) is 0. The normalized spacial score (nSPS) is 9.62. The van der Waals surface area contributed by atoms with Gasteiger partial charge in [0, 0.05) is 0 Å². The second kappa shape index (κ2) is 6.28. The van der Waals surface area contributed by atoms with E-state index in [0.29, 0.717) is 0 Å². The first kappa shape index (κ1) is 7.28. The van der Waals surface area contributed by atoms with Crippen molar-refractivity contribution in [2.24, 2.45) is 0 Å². The van der Waals surface area contributed by atoms with Crippen molar-refractivity contribution in [1.29, 1.82) is 0 Å². The lowest BCUT2D eigenvalue weighted by Gasteiger charge is -1.88. The van der Waals surface area contributed by atoms with Crippen molar-refractivity contribution in [3.8, 4) is 0 Å². The molecular weight excluding hydrogens is 100 g/mol. The van der Waals surface area contributed by atoms with Crippen molar-refractivity contribution in [3.05, 3.63) is 25.0 Å². The van der Waals surface area contributed by atoms with Gasteiger partial charge in [-0.15, -0.1) is 6.58 Å². The summed E-state index contributed by atoms with van der Waals surface area (Å²) in [4.78, 5) is 0. The molecule has 0 aromatic carbocycles. The van der Waals surface area contributed by atoms with Gasteiger partial charge in [0.2, 0.25) is 0 Å². The third-order valence-electron chi connectivity index (χ3n) is 0.662. The van der Waals surface area contributed by atoms with Crippen molar-refractivity contribution < 1.29 is 4.74 Å². The molecule has 0 heterocycles. The van der Waals surface area contributed by atoms with Gasteiger partial charge in [0.15, 0.2) is 0 Å². The Kier molecular flexibility index (Phi) is 5.71. The maximum atomic E-state index is 4.91. The molecule has 0 saturated heterocycles. The first-order valence-corrected chi connectivity index (χ1v) is 2.79. The van der Waals surface area contributed by atoms with E-state index in [0.717, 1.165) is 13.0 Å². The van der Waals surface area contributed by atoms with Crippen LogP contribution in [-0.2, 0) is 4.74 Å². The zero-order valence-electron chi connectivity index (χ0n) is 5.26. The molecule has 0 aliphatic rings. The van der Waals surface area contributed by atoms with E-state index in [-0.39, 0.29) is 0 Å². The first-order chi connectivity index (χ1) is 3.91. The van der Waals surface area contributed by atoms with Gasteiger partial charge in [0.25, 0.3) is 0 Å². The standard InChI is InChI=1S/C7H12O/c1-3-5-6-7-8-4-2/h3,6-7H,1,4-5H2,2H3. The van der Waals surface area contributed by atoms with Crippen LogP contribution in [0.25, 0.3) is 0 Å². The Balaban J connectivity index is 2.94. The van der Waals surface area contributed by atoms with E-state index < -0.39 is 0 Å². The van der Waals surface area contributed by atoms with Gasteiger partial charge in [-0.1, -0.05) is 6.08 Å². The molecule has 0 aromatic heterocycles. The lowest BCUT2D eigenvalue weighted by atomic mass is 10.4. The second-order valence-corrected chi connectivity index (χ2v) is 1.35. The number of allylic oxidation sites excluding steroid dienone is 2. The topological polar surface area (TPSA) is 9.23 Å². The molecule has 46 valence electrons. The van der Waals surface area contributed by atoms with Gasteiger partial charge < -0.3 is 4.74 Å². The Hall–Kier alpha value is -0.720. The third kappa shape index (κ3) is 5.28. The molecule has 0 aromatic rings. The van der Waals surface area contributed by atoms with E-state index in [1.165, 1.54) is 0 Å². The molecule has 0 rings (SSSR count). The number of hydrogen-bond acceptors (Lipinski definition) is 1. The molecule has 1 heteroatoms. The van der Waals surface area contributed by atoms with Gasteiger partial charge in [0.1, 0.15) is 0 Å². The molecular formula is C7H12O. The molecule has 8 heavy (non-hydrogen) atoms. The zero-order chi connectivity index (χ0) is 6.24. The molecule has 0 atom stereocenters. The minimum absolute atomic E-state index is 0.744. The average molecular weight is 112 g/mol. The van der Waals surface area contributed by atoms with Crippen LogP contribution in [0.4, 0.5) is 0 Å². The van der Waals surface area contributed by atoms with Crippen molar-refractivity contribution in [3.63, 3.8) is 0 Å². The van der Waals surface area contributed by atoms with Gasteiger partial charge in [-0.05, 0) is 19.4 Å². The predicted molar refractivity (Wildman–Crippen MR) is 35.6 cm³/mol. The molecule has 0 fully saturated rings. The third-order valence-corrected chi connectivity index (χ3v) is 0.662. The minimum atomic E-state index is 0.744. The number of rotatable bonds is 4. The predicted octanol–water partition coefficient (Wildman–Crippen LogP) is 2.11. The van der Waals surface area contributed by atoms with Crippen molar-refractivity contribution in [2.45, 2.75) is 13.3 Å². The first-order valence-electron chi connectivity index (χ1n) is 2.79. The molecule has 0 spiro atoms. The van der Waals surface area contributed by atoms with Crippen LogP contribution in [0.3, 0.4) is 0 Å². The second-order valence-electron chi connectivity index (χ2n) is 1.35. The molecule has 0 aliphatic heterocycles. The summed E-state index contributed by atoms with van der Waals surface area (Å²) >= 11 is 0. The van der Waals surface area contributed by atoms with Crippen LogP contribution < -0.4 is 0 Å². The summed E-state index contributed by atoms with van der Waals surface area (Å²) in [5.74, 6) is 0. The Bertz CT molecular complexity index is 74.5. The fraction of sp³-hybridized carbons (Fsp3) is 0.429. The highest BCUT2D eigenvalue weighted by molar-refractivity contribution is 4.83. The summed E-state index contributed by atoms with van der Waals surface area (Å²) in [5, 5.41) is 0. The van der Waals surface area contributed by atoms with Crippen molar-refractivity contribution >= 4 is 0 Å². The molecule has 0 bridgehead atoms. The van der Waals surface area contributed by atoms with Crippen LogP contribution in [0.5, 0.6) is 0 Å². The van der Waals surface area contributed by atoms with Crippen LogP contribution in [0.1, 0.15) is 13.3 Å². The summed E-state index contributed by atoms with van der Waals surface area (Å²) in [6.07, 6.45) is 6.34. The van der Waals surface area contributed by atoms with Crippen molar-refractivity contribution in [2.75, 3.05) is 6.61 Å². The highest BCUT2D eigenvalue weighted by Crippen LogP contribution is 1.82. The van der Waals surface area contributed by atoms with Crippen LogP contribution >= 0.6 is 0 Å². The summed E-state index contributed by atoms with van der Waals surface area (Å²) in [6, 6.07) is 0. The van der Waals surface area contributed by atoms with Gasteiger partial charge in [0.05, 0.1) is 12.9 Å². The summed E-state index contributed by atoms with van der Waals surface area (Å²) in [7, 11) is 0. The Morgan fingerprint density at radius 3 is 2.88 bits per heavy atom. The Morgan fingerprint density at radius 1 is 1.62 bits per heavy atom. The fourth-order valence-corrected chi connectivity index (χ4v) is 0.316. The summed E-state index contributed by atoms with van der Waals surface area (Å²) < 4.78 is 4.91. The molecule has 0 radical (unpaired) electrons. The molecule has 0 aliphatic carbocycles. The van der Waals surface area contributed by atoms with E-state index >= 15 is 0 Å². The van der Waals surface area contributed by atoms with E-state index in [4.69, 9.17) is 4.74 Å². The van der Waals surface area contributed by atoms with Gasteiger partial charge in [-0.25, -0.2) is 0 Å². The zero-order valence-corrected chi connectivity index (χ0v) is 5.26. The lowest BCUT2D eigenvalue weighted by molar-refractivity contribution is 0.268. The maximum absolute atomic E-state index is 4.91. The maximum Gasteiger partial charge on any atom is 0.0845 e. The molecule has 0 unspecified atom stereocenters. The quantitative estimate of drug-likeness (QED) is 0.400. The highest BCUT2D eigenvalue weighted by Gasteiger charge is 1.67. The number of ether oxygens (including phenoxy) is 1. The van der Waals surface area contributed by atoms with E-state index in [1.54, 1.807) is 6.26 Å². The van der Waals surface area contributed by atoms with E-state index in [2.05, 4.69) is 6.58 Å². The van der Waals surface area contributed by atoms with E-state index in [1.807, 2.05) is 19.1 Å². The molecule has 0 N–H and O–H groups in total. The monoisotopic (exact) mass is 112 g/mol. The van der Waals surface area contributed by atoms with Gasteiger partial charge in [-0.3, -0.25) is 0 Å². The fourth-order valence-electron chi connectivity index (χ4n) is 0.316. The Morgan fingerprint density at radius 2 is 2.38 bits per heavy atom. The average Bonchev–Trinajstić information content (AvgIpc) is 1.81. The molecule has 0 saturated carbocycles. The summed E-state index contributed by atoms with van der Waals surface area (Å²) in [6.45, 7) is 6.25. The molecule has 1 nitrogen and oxygen atoms in total. The number of hydrogen-bond donors (Lipinski definition) is 0. The van der Waals surface area contributed by atoms with Crippen LogP contribution in [-0.4, -0.2) is 6.61 Å². The van der Waals surface area contributed by atoms with Crippen LogP contribution in [0.2, 0.25) is 0 Å². The molecule has 0 amide bonds. The highest BCUT2D eigenvalue weighted by atomic mass is 16.5. The van der Waals surface area contributed by atoms with Crippen LogP contribution in [0.15, 0.2) is 25.0 Å². The van der Waals surface area contributed by atoms with Gasteiger partial charge >= 0.3 is 0 Å². The van der Waals surface area contributed by atoms with Gasteiger partial charge in [-0.2, -0.15) is 0 Å². The minimum Gasteiger partial charge on any atom is -0.502 e. The van der Waals surface area contributed by atoms with E-state index in [9.17, 15) is 0 Å². The SMILES string of the molecule is C=CCC=COCC. The smallest absolute Gasteiger partial charge is 0.0845 e.